The summed E-state index contributed by atoms with van der Waals surface area (Å²) >= 11 is 7.23. The summed E-state index contributed by atoms with van der Waals surface area (Å²) in [6.07, 6.45) is 2.10. The number of esters is 1. The third kappa shape index (κ3) is 2.68. The second kappa shape index (κ2) is 5.83. The van der Waals surface area contributed by atoms with Gasteiger partial charge in [-0.1, -0.05) is 11.6 Å². The van der Waals surface area contributed by atoms with E-state index >= 15 is 0 Å². The maximum absolute atomic E-state index is 12.2. The van der Waals surface area contributed by atoms with E-state index in [0.29, 0.717) is 14.9 Å². The van der Waals surface area contributed by atoms with Crippen molar-refractivity contribution in [3.8, 4) is 0 Å². The van der Waals surface area contributed by atoms with E-state index in [2.05, 4.69) is 4.98 Å². The molecule has 7 nitrogen and oxygen atoms in total. The van der Waals surface area contributed by atoms with E-state index in [9.17, 15) is 18.4 Å². The van der Waals surface area contributed by atoms with Crippen molar-refractivity contribution in [2.24, 2.45) is 0 Å². The van der Waals surface area contributed by atoms with Crippen LogP contribution in [0, 0.1) is 5.21 Å². The zero-order valence-corrected chi connectivity index (χ0v) is 15.0. The number of carbonyl (C=O) groups excluding carboxylic acids is 1. The van der Waals surface area contributed by atoms with Crippen LogP contribution in [0.25, 0.3) is 21.1 Å². The molecule has 0 amide bonds. The maximum Gasteiger partial charge on any atom is 0.345 e. The van der Waals surface area contributed by atoms with Crippen LogP contribution in [0.1, 0.15) is 17.3 Å². The molecule has 0 radical (unpaired) electrons. The van der Waals surface area contributed by atoms with Crippen molar-refractivity contribution >= 4 is 59.9 Å². The van der Waals surface area contributed by atoms with Crippen LogP contribution in [0.4, 0.5) is 0 Å². The van der Waals surface area contributed by atoms with E-state index in [1.54, 1.807) is 6.92 Å². The number of hydrogen-bond acceptors (Lipinski definition) is 7. The van der Waals surface area contributed by atoms with Crippen LogP contribution < -0.4 is 4.73 Å². The van der Waals surface area contributed by atoms with Crippen LogP contribution in [0.15, 0.2) is 22.7 Å². The minimum Gasteiger partial charge on any atom is -0.618 e. The van der Waals surface area contributed by atoms with Gasteiger partial charge in [-0.3, -0.25) is 0 Å². The third-order valence-corrected chi connectivity index (χ3v) is 6.43. The standard InChI is InChI=1S/C14H11ClN2O5S2/c1-3-22-13(18)7-6-17(19)9-5-4-8-12(10(9)11(7)15)23-14(16-8)24(2,20)21/h4-6H,3H2,1-2H3. The first-order chi connectivity index (χ1) is 11.2. The molecule has 0 saturated heterocycles. The molecule has 0 N–H and O–H groups in total. The first kappa shape index (κ1) is 16.9. The van der Waals surface area contributed by atoms with E-state index < -0.39 is 15.8 Å². The van der Waals surface area contributed by atoms with Crippen LogP contribution in [0.3, 0.4) is 0 Å². The van der Waals surface area contributed by atoms with Crippen LogP contribution in [-0.4, -0.2) is 32.2 Å². The molecule has 0 spiro atoms. The molecule has 0 aliphatic carbocycles. The average molecular weight is 387 g/mol. The molecular weight excluding hydrogens is 376 g/mol. The lowest BCUT2D eigenvalue weighted by atomic mass is 10.1. The number of sulfone groups is 1. The van der Waals surface area contributed by atoms with Crippen LogP contribution >= 0.6 is 22.9 Å². The van der Waals surface area contributed by atoms with Gasteiger partial charge in [0.15, 0.2) is 6.20 Å². The molecule has 3 aromatic rings. The summed E-state index contributed by atoms with van der Waals surface area (Å²) < 4.78 is 29.2. The molecule has 0 fully saturated rings. The summed E-state index contributed by atoms with van der Waals surface area (Å²) in [7, 11) is -3.50. The Morgan fingerprint density at radius 3 is 2.79 bits per heavy atom. The Kier molecular flexibility index (Phi) is 4.10. The summed E-state index contributed by atoms with van der Waals surface area (Å²) in [4.78, 5) is 16.1. The molecule has 2 heterocycles. The number of hydrogen-bond donors (Lipinski definition) is 0. The molecule has 3 rings (SSSR count). The highest BCUT2D eigenvalue weighted by Crippen LogP contribution is 2.36. The summed E-state index contributed by atoms with van der Waals surface area (Å²) in [6, 6.07) is 3.02. The van der Waals surface area contributed by atoms with E-state index in [1.807, 2.05) is 0 Å². The molecular formula is C14H11ClN2O5S2. The van der Waals surface area contributed by atoms with E-state index in [0.717, 1.165) is 23.8 Å². The number of pyridine rings is 1. The smallest absolute Gasteiger partial charge is 0.345 e. The summed E-state index contributed by atoms with van der Waals surface area (Å²) in [6.45, 7) is 1.77. The highest BCUT2D eigenvalue weighted by molar-refractivity contribution is 7.92. The zero-order chi connectivity index (χ0) is 17.6. The average Bonchev–Trinajstić information content (AvgIpc) is 2.94. The van der Waals surface area contributed by atoms with E-state index in [1.165, 1.54) is 12.1 Å². The van der Waals surface area contributed by atoms with Crippen molar-refractivity contribution in [2.45, 2.75) is 11.3 Å². The van der Waals surface area contributed by atoms with Gasteiger partial charge in [-0.05, 0) is 13.0 Å². The highest BCUT2D eigenvalue weighted by atomic mass is 35.5. The minimum absolute atomic E-state index is 0.0323. The quantitative estimate of drug-likeness (QED) is 0.389. The predicted molar refractivity (Wildman–Crippen MR) is 90.2 cm³/mol. The van der Waals surface area contributed by atoms with Crippen LogP contribution in [0.2, 0.25) is 5.02 Å². The van der Waals surface area contributed by atoms with Crippen molar-refractivity contribution in [1.29, 1.82) is 0 Å². The number of thiazole rings is 1. The van der Waals surface area contributed by atoms with Crippen molar-refractivity contribution < 1.29 is 22.7 Å². The number of nitrogens with zero attached hydrogens (tertiary/aromatic N) is 2. The first-order valence-corrected chi connectivity index (χ1v) is 9.84. The second-order valence-electron chi connectivity index (χ2n) is 4.96. The topological polar surface area (TPSA) is 100 Å². The van der Waals surface area contributed by atoms with Gasteiger partial charge in [-0.15, -0.1) is 11.3 Å². The molecule has 0 bridgehead atoms. The molecule has 10 heteroatoms. The van der Waals surface area contributed by atoms with Gasteiger partial charge < -0.3 is 9.94 Å². The number of rotatable bonds is 3. The Labute approximate surface area is 145 Å². The Balaban J connectivity index is 2.42. The van der Waals surface area contributed by atoms with Crippen LogP contribution in [-0.2, 0) is 14.6 Å². The molecule has 0 unspecified atom stereocenters. The number of fused-ring (bicyclic) bond motifs is 3. The number of carbonyl (C=O) groups is 1. The van der Waals surface area contributed by atoms with Crippen LogP contribution in [0.5, 0.6) is 0 Å². The van der Waals surface area contributed by atoms with Crippen molar-refractivity contribution in [1.82, 2.24) is 4.98 Å². The van der Waals surface area contributed by atoms with Gasteiger partial charge >= 0.3 is 5.97 Å². The summed E-state index contributed by atoms with van der Waals surface area (Å²) in [5, 5.41) is 12.5. The third-order valence-electron chi connectivity index (χ3n) is 3.27. The SMILES string of the molecule is CCOC(=O)c1c[n+]([O-])c2ccc3nc(S(C)(=O)=O)sc3c2c1Cl. The Morgan fingerprint density at radius 2 is 2.17 bits per heavy atom. The number of ether oxygens (including phenoxy) is 1. The van der Waals surface area contributed by atoms with Crippen molar-refractivity contribution in [3.05, 3.63) is 34.1 Å². The van der Waals surface area contributed by atoms with Gasteiger partial charge in [0.2, 0.25) is 19.7 Å². The monoisotopic (exact) mass is 386 g/mol. The van der Waals surface area contributed by atoms with Crippen molar-refractivity contribution in [2.75, 3.05) is 12.9 Å². The molecule has 0 aliphatic heterocycles. The summed E-state index contributed by atoms with van der Waals surface area (Å²) in [5.41, 5.74) is 0.517. The number of aromatic nitrogens is 2. The lowest BCUT2D eigenvalue weighted by Gasteiger charge is -2.08. The second-order valence-corrected chi connectivity index (χ2v) is 8.53. The fourth-order valence-electron chi connectivity index (χ4n) is 2.24. The lowest BCUT2D eigenvalue weighted by molar-refractivity contribution is -0.577. The molecule has 1 aromatic carbocycles. The Hall–Kier alpha value is -1.97. The minimum atomic E-state index is -3.50. The summed E-state index contributed by atoms with van der Waals surface area (Å²) in [5.74, 6) is -0.723. The zero-order valence-electron chi connectivity index (χ0n) is 12.6. The Morgan fingerprint density at radius 1 is 1.46 bits per heavy atom. The normalized spacial score (nSPS) is 12.0. The fraction of sp³-hybridized carbons (Fsp3) is 0.214. The van der Waals surface area contributed by atoms with Gasteiger partial charge in [-0.25, -0.2) is 18.2 Å². The molecule has 0 aliphatic rings. The number of halogens is 1. The molecule has 126 valence electrons. The van der Waals surface area contributed by atoms with Gasteiger partial charge in [-0.2, -0.15) is 4.73 Å². The fourth-order valence-corrected chi connectivity index (χ4v) is 4.58. The highest BCUT2D eigenvalue weighted by Gasteiger charge is 2.25. The van der Waals surface area contributed by atoms with Crippen molar-refractivity contribution in [3.63, 3.8) is 0 Å². The molecule has 0 atom stereocenters. The Bertz CT molecular complexity index is 1090. The molecule has 24 heavy (non-hydrogen) atoms. The predicted octanol–water partition coefficient (Wildman–Crippen LogP) is 2.32. The number of benzene rings is 1. The van der Waals surface area contributed by atoms with E-state index in [4.69, 9.17) is 16.3 Å². The lowest BCUT2D eigenvalue weighted by Crippen LogP contribution is -2.29. The first-order valence-electron chi connectivity index (χ1n) is 6.76. The van der Waals surface area contributed by atoms with Gasteiger partial charge in [0.1, 0.15) is 5.56 Å². The van der Waals surface area contributed by atoms with Gasteiger partial charge in [0.05, 0.1) is 27.2 Å². The molecule has 2 aromatic heterocycles. The maximum atomic E-state index is 12.2. The molecule has 0 saturated carbocycles. The van der Waals surface area contributed by atoms with Gasteiger partial charge in [0.25, 0.3) is 0 Å². The largest absolute Gasteiger partial charge is 0.618 e. The van der Waals surface area contributed by atoms with Gasteiger partial charge in [0, 0.05) is 12.3 Å². The van der Waals surface area contributed by atoms with E-state index in [-0.39, 0.29) is 32.4 Å².